The highest BCUT2D eigenvalue weighted by Crippen LogP contribution is 2.47. The van der Waals surface area contributed by atoms with Crippen LogP contribution in [-0.2, 0) is 12.4 Å². The molecule has 0 aliphatic heterocycles. The van der Waals surface area contributed by atoms with Crippen LogP contribution in [0.5, 0.6) is 0 Å². The van der Waals surface area contributed by atoms with Crippen molar-refractivity contribution in [2.45, 2.75) is 12.4 Å². The Balaban J connectivity index is 1.29. The van der Waals surface area contributed by atoms with E-state index in [9.17, 15) is 36.9 Å². The third-order valence-corrected chi connectivity index (χ3v) is 12.7. The first kappa shape index (κ1) is 45.8. The number of fused-ring (bicyclic) bond motifs is 3. The fourth-order valence-corrected chi connectivity index (χ4v) is 9.27. The average molecular weight is 965 g/mol. The number of alkyl halides is 6. The molecule has 0 amide bonds. The molecule has 0 saturated carbocycles. The fourth-order valence-electron chi connectivity index (χ4n) is 9.27. The summed E-state index contributed by atoms with van der Waals surface area (Å²) in [5.74, 6) is 0.713. The van der Waals surface area contributed by atoms with Gasteiger partial charge in [0.05, 0.1) is 51.1 Å². The van der Waals surface area contributed by atoms with E-state index in [1.54, 1.807) is 60.7 Å². The lowest BCUT2D eigenvalue weighted by Gasteiger charge is -2.22. The Morgan fingerprint density at radius 2 is 0.712 bits per heavy atom. The van der Waals surface area contributed by atoms with Gasteiger partial charge in [0.2, 0.25) is 0 Å². The number of nitriles is 2. The van der Waals surface area contributed by atoms with E-state index in [2.05, 4.69) is 12.1 Å². The summed E-state index contributed by atoms with van der Waals surface area (Å²) in [7, 11) is 0. The second-order valence-electron chi connectivity index (χ2n) is 17.3. The zero-order valence-electron chi connectivity index (χ0n) is 38.1. The van der Waals surface area contributed by atoms with E-state index in [-0.39, 0.29) is 33.8 Å². The van der Waals surface area contributed by atoms with Gasteiger partial charge in [0.1, 0.15) is 0 Å². The first-order chi connectivity index (χ1) is 35.3. The second kappa shape index (κ2) is 18.3. The molecule has 0 saturated heterocycles. The number of nitrogens with zero attached hydrogens (tertiary/aromatic N) is 6. The van der Waals surface area contributed by atoms with Crippen LogP contribution in [0.25, 0.3) is 106 Å². The van der Waals surface area contributed by atoms with Gasteiger partial charge in [0.15, 0.2) is 17.5 Å². The number of halogens is 6. The highest BCUT2D eigenvalue weighted by atomic mass is 19.4. The maximum absolute atomic E-state index is 14.8. The van der Waals surface area contributed by atoms with E-state index in [1.165, 1.54) is 12.1 Å². The highest BCUT2D eigenvalue weighted by Gasteiger charge is 2.33. The molecule has 0 N–H and O–H groups in total. The van der Waals surface area contributed by atoms with Crippen LogP contribution in [0.4, 0.5) is 26.3 Å². The van der Waals surface area contributed by atoms with Gasteiger partial charge in [-0.25, -0.2) is 15.0 Å². The van der Waals surface area contributed by atoms with Crippen molar-refractivity contribution in [3.8, 4) is 96.5 Å². The Labute approximate surface area is 414 Å². The third-order valence-electron chi connectivity index (χ3n) is 12.7. The minimum Gasteiger partial charge on any atom is -0.308 e. The molecule has 0 radical (unpaired) electrons. The molecule has 0 aliphatic carbocycles. The zero-order chi connectivity index (χ0) is 50.4. The number of benzene rings is 9. The molecule has 0 bridgehead atoms. The van der Waals surface area contributed by atoms with Crippen LogP contribution in [-0.4, -0.2) is 19.5 Å². The maximum atomic E-state index is 14.8. The minimum absolute atomic E-state index is 0.116. The summed E-state index contributed by atoms with van der Waals surface area (Å²) in [5, 5.41) is 21.0. The largest absolute Gasteiger partial charge is 0.416 e. The van der Waals surface area contributed by atoms with Gasteiger partial charge in [-0.1, -0.05) is 121 Å². The van der Waals surface area contributed by atoms with Gasteiger partial charge in [0.25, 0.3) is 0 Å². The summed E-state index contributed by atoms with van der Waals surface area (Å²) in [6.07, 6.45) is -9.52. The Morgan fingerprint density at radius 1 is 0.342 bits per heavy atom. The molecule has 12 heteroatoms. The van der Waals surface area contributed by atoms with Crippen molar-refractivity contribution in [2.75, 3.05) is 0 Å². The first-order valence-electron chi connectivity index (χ1n) is 22.8. The molecule has 9 aromatic carbocycles. The van der Waals surface area contributed by atoms with Gasteiger partial charge >= 0.3 is 12.4 Å². The molecule has 350 valence electrons. The molecule has 73 heavy (non-hydrogen) atoms. The van der Waals surface area contributed by atoms with Gasteiger partial charge in [0, 0.05) is 38.6 Å². The van der Waals surface area contributed by atoms with E-state index in [1.807, 2.05) is 114 Å². The molecule has 11 rings (SSSR count). The van der Waals surface area contributed by atoms with Gasteiger partial charge in [-0.3, -0.25) is 0 Å². The standard InChI is InChI=1S/C61H34F6N6/c62-60(63,64)48-21-9-19-45(29-48)50-33-47(59-71-57(39-13-3-1-4-14-39)70-58(72-59)40-15-5-2-6-16-40)34-51(46-20-10-22-49(30-46)61(65,66)67)56(50)73-54-25-23-43(41-17-7-11-37(27-41)35-68)31-52(54)53-32-44(24-26-55(53)73)42-18-8-12-38(28-42)36-69/h1-34H. The van der Waals surface area contributed by atoms with Crippen LogP contribution >= 0.6 is 0 Å². The van der Waals surface area contributed by atoms with Gasteiger partial charge < -0.3 is 4.57 Å². The molecular weight excluding hydrogens is 931 g/mol. The molecule has 2 heterocycles. The van der Waals surface area contributed by atoms with Crippen molar-refractivity contribution in [2.24, 2.45) is 0 Å². The summed E-state index contributed by atoms with van der Waals surface area (Å²) < 4.78 is 90.7. The lowest BCUT2D eigenvalue weighted by atomic mass is 9.91. The van der Waals surface area contributed by atoms with Crippen LogP contribution < -0.4 is 0 Å². The molecule has 0 atom stereocenters. The normalized spacial score (nSPS) is 11.7. The van der Waals surface area contributed by atoms with Crippen LogP contribution in [0.3, 0.4) is 0 Å². The molecular formula is C61H34F6N6. The summed E-state index contributed by atoms with van der Waals surface area (Å²) in [5.41, 5.74) is 5.75. The van der Waals surface area contributed by atoms with Crippen molar-refractivity contribution < 1.29 is 26.3 Å². The predicted octanol–water partition coefficient (Wildman–Crippen LogP) is 16.4. The van der Waals surface area contributed by atoms with E-state index in [0.29, 0.717) is 61.3 Å². The van der Waals surface area contributed by atoms with E-state index >= 15 is 0 Å². The summed E-state index contributed by atoms with van der Waals surface area (Å²) in [6, 6.07) is 61.4. The Bertz CT molecular complexity index is 3780. The van der Waals surface area contributed by atoms with Crippen molar-refractivity contribution in [3.63, 3.8) is 0 Å². The van der Waals surface area contributed by atoms with E-state index in [4.69, 9.17) is 15.0 Å². The average Bonchev–Trinajstić information content (AvgIpc) is 3.75. The molecule has 6 nitrogen and oxygen atoms in total. The highest BCUT2D eigenvalue weighted by molar-refractivity contribution is 6.13. The van der Waals surface area contributed by atoms with Crippen molar-refractivity contribution in [3.05, 3.63) is 229 Å². The first-order valence-corrected chi connectivity index (χ1v) is 22.8. The smallest absolute Gasteiger partial charge is 0.308 e. The SMILES string of the molecule is N#Cc1cccc(-c2ccc3c(c2)c2cc(-c4cccc(C#N)c4)ccc2n3-c2c(-c3cccc(C(F)(F)F)c3)cc(-c3nc(-c4ccccc4)nc(-c4ccccc4)n3)cc2-c2cccc(C(F)(F)F)c2)c1. The molecule has 11 aromatic rings. The second-order valence-corrected chi connectivity index (χ2v) is 17.3. The predicted molar refractivity (Wildman–Crippen MR) is 272 cm³/mol. The van der Waals surface area contributed by atoms with Gasteiger partial charge in [-0.15, -0.1) is 0 Å². The van der Waals surface area contributed by atoms with Gasteiger partial charge in [-0.2, -0.15) is 36.9 Å². The van der Waals surface area contributed by atoms with Crippen LogP contribution in [0.2, 0.25) is 0 Å². The lowest BCUT2D eigenvalue weighted by molar-refractivity contribution is -0.138. The molecule has 2 aromatic heterocycles. The van der Waals surface area contributed by atoms with Crippen molar-refractivity contribution in [1.29, 1.82) is 10.5 Å². The Morgan fingerprint density at radius 3 is 1.12 bits per heavy atom. The lowest BCUT2D eigenvalue weighted by Crippen LogP contribution is -2.07. The van der Waals surface area contributed by atoms with Crippen molar-refractivity contribution in [1.82, 2.24) is 19.5 Å². The van der Waals surface area contributed by atoms with Crippen LogP contribution in [0.1, 0.15) is 22.3 Å². The summed E-state index contributed by atoms with van der Waals surface area (Å²) in [6.45, 7) is 0. The molecule has 0 aliphatic rings. The summed E-state index contributed by atoms with van der Waals surface area (Å²) >= 11 is 0. The van der Waals surface area contributed by atoms with E-state index in [0.717, 1.165) is 46.5 Å². The molecule has 0 fully saturated rings. The van der Waals surface area contributed by atoms with Gasteiger partial charge in [-0.05, 0) is 118 Å². The minimum atomic E-state index is -4.76. The number of rotatable bonds is 8. The van der Waals surface area contributed by atoms with Crippen LogP contribution in [0.15, 0.2) is 206 Å². The van der Waals surface area contributed by atoms with Crippen LogP contribution in [0, 0.1) is 22.7 Å². The summed E-state index contributed by atoms with van der Waals surface area (Å²) in [4.78, 5) is 14.7. The maximum Gasteiger partial charge on any atom is 0.416 e. The number of hydrogen-bond donors (Lipinski definition) is 0. The topological polar surface area (TPSA) is 91.2 Å². The third kappa shape index (κ3) is 8.83. The molecule has 0 unspecified atom stereocenters. The number of hydrogen-bond acceptors (Lipinski definition) is 5. The Hall–Kier alpha value is -9.65. The fraction of sp³-hybridized carbons (Fsp3) is 0.0328. The van der Waals surface area contributed by atoms with E-state index < -0.39 is 23.5 Å². The van der Waals surface area contributed by atoms with Crippen molar-refractivity contribution >= 4 is 21.8 Å². The molecule has 0 spiro atoms. The zero-order valence-corrected chi connectivity index (χ0v) is 38.1. The number of aromatic nitrogens is 4. The quantitative estimate of drug-likeness (QED) is 0.142. The monoisotopic (exact) mass is 964 g/mol. The Kier molecular flexibility index (Phi) is 11.5.